The van der Waals surface area contributed by atoms with Gasteiger partial charge in [-0.25, -0.2) is 0 Å². The van der Waals surface area contributed by atoms with Gasteiger partial charge in [-0.05, 0) is 38.0 Å². The molecule has 1 saturated heterocycles. The summed E-state index contributed by atoms with van der Waals surface area (Å²) in [5, 5.41) is 10.8. The first-order chi connectivity index (χ1) is 12.4. The van der Waals surface area contributed by atoms with Gasteiger partial charge in [0.25, 0.3) is 10.0 Å². The highest BCUT2D eigenvalue weighted by molar-refractivity contribution is 7.90. The average Bonchev–Trinajstić information content (AvgIpc) is 3.04. The van der Waals surface area contributed by atoms with Gasteiger partial charge in [0.05, 0.1) is 11.0 Å². The van der Waals surface area contributed by atoms with Crippen LogP contribution in [0.25, 0.3) is 0 Å². The number of benzene rings is 2. The summed E-state index contributed by atoms with van der Waals surface area (Å²) in [5.74, 6) is 0.113. The molecule has 3 rings (SSSR count). The van der Waals surface area contributed by atoms with Crippen molar-refractivity contribution in [2.45, 2.75) is 31.3 Å². The topological polar surface area (TPSA) is 70.0 Å². The first kappa shape index (κ1) is 18.6. The molecule has 1 aliphatic heterocycles. The number of likely N-dealkylation sites (tertiary alicyclic amines) is 1. The summed E-state index contributed by atoms with van der Waals surface area (Å²) in [6, 6.07) is 16.0. The van der Waals surface area contributed by atoms with E-state index in [2.05, 4.69) is 4.40 Å². The van der Waals surface area contributed by atoms with Crippen molar-refractivity contribution in [1.29, 1.82) is 0 Å². The van der Waals surface area contributed by atoms with Crippen LogP contribution >= 0.6 is 0 Å². The standard InChI is InChI=1S/C20H24N2O3S/c1-3-22-14-13-18(19(23)16-7-5-4-6-8-16)20(22)21-26(24,25)17-11-9-15(2)10-12-17/h4-12,18-19,23H,3,13-14H2,1-2H3/b21-20-/t18-,19+/m1/s1. The van der Waals surface area contributed by atoms with Crippen molar-refractivity contribution in [2.24, 2.45) is 10.3 Å². The van der Waals surface area contributed by atoms with Crippen molar-refractivity contribution >= 4 is 15.9 Å². The molecule has 1 heterocycles. The molecule has 1 fully saturated rings. The molecule has 1 N–H and O–H groups in total. The van der Waals surface area contributed by atoms with Gasteiger partial charge in [-0.2, -0.15) is 8.42 Å². The first-order valence-electron chi connectivity index (χ1n) is 8.82. The second-order valence-corrected chi connectivity index (χ2v) is 8.17. The van der Waals surface area contributed by atoms with Crippen molar-refractivity contribution in [3.8, 4) is 0 Å². The number of amidine groups is 1. The molecule has 2 aromatic rings. The number of sulfonamides is 1. The van der Waals surface area contributed by atoms with Gasteiger partial charge in [0.2, 0.25) is 0 Å². The second-order valence-electron chi connectivity index (χ2n) is 6.57. The summed E-state index contributed by atoms with van der Waals surface area (Å²) in [6.07, 6.45) is -0.105. The lowest BCUT2D eigenvalue weighted by Gasteiger charge is -2.22. The maximum absolute atomic E-state index is 12.8. The minimum absolute atomic E-state index is 0.173. The van der Waals surface area contributed by atoms with E-state index >= 15 is 0 Å². The molecule has 138 valence electrons. The number of hydrogen-bond donors (Lipinski definition) is 1. The van der Waals surface area contributed by atoms with Gasteiger partial charge in [0.1, 0.15) is 5.84 Å². The smallest absolute Gasteiger partial charge is 0.283 e. The molecule has 0 radical (unpaired) electrons. The van der Waals surface area contributed by atoms with Crippen LogP contribution in [0.5, 0.6) is 0 Å². The number of aliphatic hydroxyl groups excluding tert-OH is 1. The van der Waals surface area contributed by atoms with E-state index in [0.29, 0.717) is 25.3 Å². The van der Waals surface area contributed by atoms with Crippen LogP contribution in [0.15, 0.2) is 63.9 Å². The van der Waals surface area contributed by atoms with Gasteiger partial charge in [-0.15, -0.1) is 4.40 Å². The molecule has 1 aliphatic rings. The molecule has 26 heavy (non-hydrogen) atoms. The van der Waals surface area contributed by atoms with Crippen LogP contribution in [0.3, 0.4) is 0 Å². The van der Waals surface area contributed by atoms with Crippen molar-refractivity contribution in [1.82, 2.24) is 4.90 Å². The maximum atomic E-state index is 12.8. The zero-order valence-electron chi connectivity index (χ0n) is 15.0. The fraction of sp³-hybridized carbons (Fsp3) is 0.350. The fourth-order valence-electron chi connectivity index (χ4n) is 3.29. The molecule has 0 spiro atoms. The zero-order chi connectivity index (χ0) is 18.7. The van der Waals surface area contributed by atoms with Crippen molar-refractivity contribution in [3.05, 3.63) is 65.7 Å². The highest BCUT2D eigenvalue weighted by Gasteiger charge is 2.36. The monoisotopic (exact) mass is 372 g/mol. The summed E-state index contributed by atoms with van der Waals surface area (Å²) in [7, 11) is -3.82. The zero-order valence-corrected chi connectivity index (χ0v) is 15.9. The van der Waals surface area contributed by atoms with Gasteiger partial charge in [-0.1, -0.05) is 48.0 Å². The summed E-state index contributed by atoms with van der Waals surface area (Å²) < 4.78 is 29.7. The Kier molecular flexibility index (Phi) is 5.44. The summed E-state index contributed by atoms with van der Waals surface area (Å²) in [6.45, 7) is 5.21. The molecule has 6 heteroatoms. The largest absolute Gasteiger partial charge is 0.388 e. The lowest BCUT2D eigenvalue weighted by atomic mass is 9.94. The first-order valence-corrected chi connectivity index (χ1v) is 10.3. The predicted molar refractivity (Wildman–Crippen MR) is 103 cm³/mol. The van der Waals surface area contributed by atoms with Crippen LogP contribution in [0.1, 0.15) is 30.6 Å². The van der Waals surface area contributed by atoms with Crippen LogP contribution in [0.4, 0.5) is 0 Å². The van der Waals surface area contributed by atoms with Crippen LogP contribution in [0.2, 0.25) is 0 Å². The lowest BCUT2D eigenvalue weighted by molar-refractivity contribution is 0.141. The molecule has 0 aliphatic carbocycles. The van der Waals surface area contributed by atoms with Gasteiger partial charge < -0.3 is 10.0 Å². The van der Waals surface area contributed by atoms with Gasteiger partial charge in [0.15, 0.2) is 0 Å². The predicted octanol–water partition coefficient (Wildman–Crippen LogP) is 3.16. The van der Waals surface area contributed by atoms with Crippen LogP contribution in [-0.4, -0.2) is 37.3 Å². The van der Waals surface area contributed by atoms with Crippen LogP contribution in [0, 0.1) is 12.8 Å². The average molecular weight is 372 g/mol. The summed E-state index contributed by atoms with van der Waals surface area (Å²) in [5.41, 5.74) is 1.76. The third kappa shape index (κ3) is 3.81. The Morgan fingerprint density at radius 2 is 1.81 bits per heavy atom. The fourth-order valence-corrected chi connectivity index (χ4v) is 4.37. The number of rotatable bonds is 5. The van der Waals surface area contributed by atoms with Gasteiger partial charge in [-0.3, -0.25) is 0 Å². The minimum atomic E-state index is -3.82. The van der Waals surface area contributed by atoms with Crippen molar-refractivity contribution < 1.29 is 13.5 Å². The van der Waals surface area contributed by atoms with E-state index < -0.39 is 16.1 Å². The molecule has 0 amide bonds. The third-order valence-electron chi connectivity index (χ3n) is 4.80. The van der Waals surface area contributed by atoms with Gasteiger partial charge in [0, 0.05) is 19.0 Å². The number of aliphatic hydroxyl groups is 1. The van der Waals surface area contributed by atoms with E-state index in [1.54, 1.807) is 24.3 Å². The summed E-state index contributed by atoms with van der Waals surface area (Å²) >= 11 is 0. The molecule has 0 saturated carbocycles. The highest BCUT2D eigenvalue weighted by atomic mass is 32.2. The number of nitrogens with zero attached hydrogens (tertiary/aromatic N) is 2. The second kappa shape index (κ2) is 7.60. The van der Waals surface area contributed by atoms with Crippen LogP contribution in [-0.2, 0) is 10.0 Å². The van der Waals surface area contributed by atoms with E-state index in [1.807, 2.05) is 49.1 Å². The molecule has 5 nitrogen and oxygen atoms in total. The SMILES string of the molecule is CCN1CC[C@H]([C@@H](O)c2ccccc2)/C1=N/S(=O)(=O)c1ccc(C)cc1. The van der Waals surface area contributed by atoms with E-state index in [0.717, 1.165) is 11.1 Å². The van der Waals surface area contributed by atoms with Crippen LogP contribution < -0.4 is 0 Å². The van der Waals surface area contributed by atoms with E-state index in [1.165, 1.54) is 0 Å². The Morgan fingerprint density at radius 1 is 1.15 bits per heavy atom. The Labute approximate surface area is 155 Å². The highest BCUT2D eigenvalue weighted by Crippen LogP contribution is 2.33. The third-order valence-corrected chi connectivity index (χ3v) is 6.10. The molecule has 0 bridgehead atoms. The Hall–Kier alpha value is -2.18. The van der Waals surface area contributed by atoms with Crippen molar-refractivity contribution in [2.75, 3.05) is 13.1 Å². The minimum Gasteiger partial charge on any atom is -0.388 e. The normalized spacial score (nSPS) is 20.5. The van der Waals surface area contributed by atoms with E-state index in [4.69, 9.17) is 0 Å². The Balaban J connectivity index is 1.97. The molecule has 2 atom stereocenters. The molecular formula is C20H24N2O3S. The molecule has 0 aromatic heterocycles. The van der Waals surface area contributed by atoms with Gasteiger partial charge >= 0.3 is 0 Å². The van der Waals surface area contributed by atoms with E-state index in [9.17, 15) is 13.5 Å². The van der Waals surface area contributed by atoms with Crippen molar-refractivity contribution in [3.63, 3.8) is 0 Å². The Morgan fingerprint density at radius 3 is 2.42 bits per heavy atom. The molecule has 0 unspecified atom stereocenters. The summed E-state index contributed by atoms with van der Waals surface area (Å²) in [4.78, 5) is 2.11. The van der Waals surface area contributed by atoms with E-state index in [-0.39, 0.29) is 10.8 Å². The molecule has 2 aromatic carbocycles. The molecular weight excluding hydrogens is 348 g/mol. The quantitative estimate of drug-likeness (QED) is 0.875. The Bertz CT molecular complexity index is 877. The number of hydrogen-bond acceptors (Lipinski definition) is 3. The maximum Gasteiger partial charge on any atom is 0.283 e. The number of aryl methyl sites for hydroxylation is 1. The lowest BCUT2D eigenvalue weighted by Crippen LogP contribution is -2.30.